The molecule has 1 heterocycles. The van der Waals surface area contributed by atoms with Crippen molar-refractivity contribution in [3.8, 4) is 11.5 Å². The molecule has 1 N–H and O–H groups in total. The number of methoxy groups -OCH3 is 2. The maximum absolute atomic E-state index is 12.2. The Bertz CT molecular complexity index is 792. The Morgan fingerprint density at radius 3 is 1.79 bits per heavy atom. The van der Waals surface area contributed by atoms with E-state index in [0.29, 0.717) is 0 Å². The van der Waals surface area contributed by atoms with Gasteiger partial charge in [-0.05, 0) is 63.1 Å². The zero-order chi connectivity index (χ0) is 21.2. The largest absolute Gasteiger partial charge is 0.497 e. The van der Waals surface area contributed by atoms with Gasteiger partial charge in [-0.25, -0.2) is 4.79 Å². The Balaban J connectivity index is 1.88. The molecular formula is C23H29NO5. The molecule has 2 aromatic rings. The van der Waals surface area contributed by atoms with Crippen molar-refractivity contribution in [1.29, 1.82) is 0 Å². The molecule has 156 valence electrons. The summed E-state index contributed by atoms with van der Waals surface area (Å²) in [6.07, 6.45) is -0.698. The number of hydrogen-bond acceptors (Lipinski definition) is 5. The standard InChI is InChI=1S/C23H29NO5/c1-15(24-21(25)29-22(2,3)4)20-23(28-20,16-7-11-18(26-5)12-8-16)17-9-13-19(27-6)14-10-17/h7-15,20H,1-6H3,(H,24,25)/t15-,20+/m0/s1. The van der Waals surface area contributed by atoms with E-state index in [9.17, 15) is 4.79 Å². The molecule has 0 unspecified atom stereocenters. The number of amides is 1. The summed E-state index contributed by atoms with van der Waals surface area (Å²) in [5, 5.41) is 2.90. The first-order valence-electron chi connectivity index (χ1n) is 9.66. The quantitative estimate of drug-likeness (QED) is 0.735. The van der Waals surface area contributed by atoms with Crippen LogP contribution in [-0.2, 0) is 15.1 Å². The van der Waals surface area contributed by atoms with Gasteiger partial charge in [-0.2, -0.15) is 0 Å². The summed E-state index contributed by atoms with van der Waals surface area (Å²) in [6, 6.07) is 15.3. The van der Waals surface area contributed by atoms with E-state index in [1.54, 1.807) is 14.2 Å². The molecule has 6 heteroatoms. The van der Waals surface area contributed by atoms with E-state index in [2.05, 4.69) is 5.32 Å². The minimum Gasteiger partial charge on any atom is -0.497 e. The lowest BCUT2D eigenvalue weighted by atomic mass is 9.85. The summed E-state index contributed by atoms with van der Waals surface area (Å²) in [6.45, 7) is 7.43. The van der Waals surface area contributed by atoms with E-state index in [1.807, 2.05) is 76.2 Å². The smallest absolute Gasteiger partial charge is 0.407 e. The van der Waals surface area contributed by atoms with E-state index < -0.39 is 17.3 Å². The topological polar surface area (TPSA) is 69.3 Å². The number of carbonyl (C=O) groups is 1. The van der Waals surface area contributed by atoms with Crippen molar-refractivity contribution in [1.82, 2.24) is 5.32 Å². The van der Waals surface area contributed by atoms with Crippen LogP contribution in [0.25, 0.3) is 0 Å². The van der Waals surface area contributed by atoms with Gasteiger partial charge in [0.2, 0.25) is 0 Å². The highest BCUT2D eigenvalue weighted by Crippen LogP contribution is 2.53. The molecule has 1 saturated heterocycles. The van der Waals surface area contributed by atoms with Gasteiger partial charge in [0.25, 0.3) is 0 Å². The van der Waals surface area contributed by atoms with Crippen molar-refractivity contribution in [2.24, 2.45) is 0 Å². The molecule has 0 aliphatic carbocycles. The van der Waals surface area contributed by atoms with E-state index >= 15 is 0 Å². The van der Waals surface area contributed by atoms with Crippen molar-refractivity contribution < 1.29 is 23.7 Å². The molecule has 1 fully saturated rings. The Morgan fingerprint density at radius 2 is 1.41 bits per heavy atom. The highest BCUT2D eigenvalue weighted by atomic mass is 16.6. The van der Waals surface area contributed by atoms with E-state index in [4.69, 9.17) is 18.9 Å². The van der Waals surface area contributed by atoms with Crippen molar-refractivity contribution >= 4 is 6.09 Å². The van der Waals surface area contributed by atoms with Gasteiger partial charge in [0.1, 0.15) is 28.8 Å². The Labute approximate surface area is 172 Å². The van der Waals surface area contributed by atoms with Crippen LogP contribution in [0.2, 0.25) is 0 Å². The molecule has 6 nitrogen and oxygen atoms in total. The molecule has 1 aliphatic heterocycles. The van der Waals surface area contributed by atoms with Gasteiger partial charge in [0.15, 0.2) is 0 Å². The van der Waals surface area contributed by atoms with Gasteiger partial charge in [-0.3, -0.25) is 0 Å². The minimum absolute atomic E-state index is 0.239. The molecule has 1 aliphatic rings. The number of hydrogen-bond donors (Lipinski definition) is 1. The molecule has 1 amide bonds. The Morgan fingerprint density at radius 1 is 0.966 bits per heavy atom. The van der Waals surface area contributed by atoms with Gasteiger partial charge in [0, 0.05) is 0 Å². The number of nitrogens with one attached hydrogen (secondary N) is 1. The molecule has 2 aromatic carbocycles. The van der Waals surface area contributed by atoms with Crippen LogP contribution >= 0.6 is 0 Å². The molecule has 29 heavy (non-hydrogen) atoms. The number of carbonyl (C=O) groups excluding carboxylic acids is 1. The van der Waals surface area contributed by atoms with Crippen LogP contribution in [0.15, 0.2) is 48.5 Å². The van der Waals surface area contributed by atoms with Crippen LogP contribution in [0.3, 0.4) is 0 Å². The third-order valence-electron chi connectivity index (χ3n) is 4.89. The third kappa shape index (κ3) is 4.48. The highest BCUT2D eigenvalue weighted by Gasteiger charge is 2.61. The lowest BCUT2D eigenvalue weighted by Crippen LogP contribution is -2.41. The number of rotatable bonds is 6. The third-order valence-corrected chi connectivity index (χ3v) is 4.89. The van der Waals surface area contributed by atoms with Crippen LogP contribution in [0.4, 0.5) is 4.79 Å². The normalized spacial score (nSPS) is 18.5. The fraction of sp³-hybridized carbons (Fsp3) is 0.435. The van der Waals surface area contributed by atoms with Gasteiger partial charge in [-0.1, -0.05) is 24.3 Å². The van der Waals surface area contributed by atoms with Crippen molar-refractivity contribution in [2.75, 3.05) is 14.2 Å². The summed E-state index contributed by atoms with van der Waals surface area (Å²) >= 11 is 0. The second kappa shape index (κ2) is 7.95. The zero-order valence-corrected chi connectivity index (χ0v) is 17.8. The van der Waals surface area contributed by atoms with Gasteiger partial charge < -0.3 is 24.3 Å². The lowest BCUT2D eigenvalue weighted by Gasteiger charge is -2.22. The summed E-state index contributed by atoms with van der Waals surface area (Å²) in [4.78, 5) is 12.2. The second-order valence-corrected chi connectivity index (χ2v) is 8.17. The van der Waals surface area contributed by atoms with Crippen LogP contribution < -0.4 is 14.8 Å². The fourth-order valence-corrected chi connectivity index (χ4v) is 3.50. The molecule has 3 rings (SSSR count). The number of ether oxygens (including phenoxy) is 4. The maximum atomic E-state index is 12.2. The Hall–Kier alpha value is -2.73. The highest BCUT2D eigenvalue weighted by molar-refractivity contribution is 5.68. The van der Waals surface area contributed by atoms with E-state index in [-0.39, 0.29) is 12.1 Å². The molecular weight excluding hydrogens is 370 g/mol. The molecule has 0 spiro atoms. The fourth-order valence-electron chi connectivity index (χ4n) is 3.50. The van der Waals surface area contributed by atoms with Crippen molar-refractivity contribution in [3.05, 3.63) is 59.7 Å². The summed E-state index contributed by atoms with van der Waals surface area (Å²) in [5.74, 6) is 1.55. The number of epoxide rings is 1. The summed E-state index contributed by atoms with van der Waals surface area (Å²) < 4.78 is 22.2. The average Bonchev–Trinajstić information content (AvgIpc) is 3.44. The van der Waals surface area contributed by atoms with Gasteiger partial charge in [-0.15, -0.1) is 0 Å². The zero-order valence-electron chi connectivity index (χ0n) is 17.8. The molecule has 0 aromatic heterocycles. The number of benzene rings is 2. The van der Waals surface area contributed by atoms with Crippen molar-refractivity contribution in [3.63, 3.8) is 0 Å². The second-order valence-electron chi connectivity index (χ2n) is 8.17. The van der Waals surface area contributed by atoms with Crippen molar-refractivity contribution in [2.45, 2.75) is 51.0 Å². The summed E-state index contributed by atoms with van der Waals surface area (Å²) in [7, 11) is 3.27. The van der Waals surface area contributed by atoms with Crippen LogP contribution in [-0.4, -0.2) is 38.1 Å². The first-order chi connectivity index (χ1) is 13.7. The molecule has 0 bridgehead atoms. The Kier molecular flexibility index (Phi) is 5.75. The monoisotopic (exact) mass is 399 g/mol. The summed E-state index contributed by atoms with van der Waals surface area (Å²) in [5.41, 5.74) is 0.766. The molecule has 0 radical (unpaired) electrons. The minimum atomic E-state index is -0.660. The predicted molar refractivity (Wildman–Crippen MR) is 110 cm³/mol. The first kappa shape index (κ1) is 21.0. The van der Waals surface area contributed by atoms with Crippen LogP contribution in [0.5, 0.6) is 11.5 Å². The van der Waals surface area contributed by atoms with E-state index in [1.165, 1.54) is 0 Å². The first-order valence-corrected chi connectivity index (χ1v) is 9.66. The van der Waals surface area contributed by atoms with Gasteiger partial charge >= 0.3 is 6.09 Å². The molecule has 0 saturated carbocycles. The van der Waals surface area contributed by atoms with E-state index in [0.717, 1.165) is 22.6 Å². The van der Waals surface area contributed by atoms with Crippen LogP contribution in [0, 0.1) is 0 Å². The lowest BCUT2D eigenvalue weighted by molar-refractivity contribution is 0.0500. The average molecular weight is 399 g/mol. The van der Waals surface area contributed by atoms with Gasteiger partial charge in [0.05, 0.1) is 20.3 Å². The SMILES string of the molecule is COc1ccc(C2(c3ccc(OC)cc3)O[C@@H]2[C@H](C)NC(=O)OC(C)(C)C)cc1. The maximum Gasteiger partial charge on any atom is 0.407 e. The number of alkyl carbamates (subject to hydrolysis) is 1. The predicted octanol–water partition coefficient (Wildman–Crippen LogP) is 4.26. The van der Waals surface area contributed by atoms with Crippen LogP contribution in [0.1, 0.15) is 38.8 Å². The molecule has 2 atom stereocenters.